The summed E-state index contributed by atoms with van der Waals surface area (Å²) in [5, 5.41) is 1.99. The first-order valence-corrected chi connectivity index (χ1v) is 11.5. The van der Waals surface area contributed by atoms with Gasteiger partial charge in [-0.25, -0.2) is 0 Å². The van der Waals surface area contributed by atoms with Crippen LogP contribution in [0.1, 0.15) is 11.1 Å². The average molecular weight is 451 g/mol. The summed E-state index contributed by atoms with van der Waals surface area (Å²) in [6.45, 7) is 0.271. The smallest absolute Gasteiger partial charge is 0.293 e. The second-order valence-electron chi connectivity index (χ2n) is 7.94. The number of benzene rings is 4. The minimum Gasteiger partial charge on any atom is -0.345 e. The SMILES string of the molecule is CN(c1ccccc1)c1ccc(/C=C2\SC(=O)N(Cc3ccc4ccccc4c3)C2=O)cc1. The van der Waals surface area contributed by atoms with Gasteiger partial charge >= 0.3 is 0 Å². The van der Waals surface area contributed by atoms with Crippen molar-refractivity contribution in [1.29, 1.82) is 0 Å². The minimum absolute atomic E-state index is 0.236. The molecular weight excluding hydrogens is 428 g/mol. The van der Waals surface area contributed by atoms with Crippen molar-refractivity contribution in [2.45, 2.75) is 6.54 Å². The van der Waals surface area contributed by atoms with Crippen molar-refractivity contribution in [3.05, 3.63) is 113 Å². The van der Waals surface area contributed by atoms with Gasteiger partial charge < -0.3 is 4.90 Å². The molecule has 0 bridgehead atoms. The molecule has 4 aromatic rings. The number of fused-ring (bicyclic) bond motifs is 1. The maximum Gasteiger partial charge on any atom is 0.293 e. The summed E-state index contributed by atoms with van der Waals surface area (Å²) in [4.78, 5) is 29.4. The zero-order valence-electron chi connectivity index (χ0n) is 18.1. The summed E-state index contributed by atoms with van der Waals surface area (Å²) in [5.74, 6) is -0.247. The third kappa shape index (κ3) is 4.41. The molecule has 5 heteroatoms. The largest absolute Gasteiger partial charge is 0.345 e. The summed E-state index contributed by atoms with van der Waals surface area (Å²) in [5.41, 5.74) is 3.96. The molecule has 1 aliphatic heterocycles. The number of anilines is 2. The minimum atomic E-state index is -0.247. The fraction of sp³-hybridized carbons (Fsp3) is 0.0714. The van der Waals surface area contributed by atoms with Crippen molar-refractivity contribution in [2.24, 2.45) is 0 Å². The van der Waals surface area contributed by atoms with Gasteiger partial charge in [0.1, 0.15) is 0 Å². The Kier molecular flexibility index (Phi) is 5.71. The number of carbonyl (C=O) groups excluding carboxylic acids is 2. The second-order valence-corrected chi connectivity index (χ2v) is 8.93. The van der Waals surface area contributed by atoms with E-state index >= 15 is 0 Å². The van der Waals surface area contributed by atoms with Crippen LogP contribution in [0, 0.1) is 0 Å². The van der Waals surface area contributed by atoms with E-state index in [4.69, 9.17) is 0 Å². The molecule has 162 valence electrons. The van der Waals surface area contributed by atoms with E-state index in [2.05, 4.69) is 17.0 Å². The first-order valence-electron chi connectivity index (χ1n) is 10.7. The Morgan fingerprint density at radius 1 is 0.788 bits per heavy atom. The van der Waals surface area contributed by atoms with E-state index in [0.29, 0.717) is 4.91 Å². The Morgan fingerprint density at radius 2 is 1.45 bits per heavy atom. The molecule has 1 heterocycles. The highest BCUT2D eigenvalue weighted by Crippen LogP contribution is 2.34. The van der Waals surface area contributed by atoms with Crippen LogP contribution >= 0.6 is 11.8 Å². The van der Waals surface area contributed by atoms with Gasteiger partial charge in [-0.2, -0.15) is 0 Å². The highest BCUT2D eigenvalue weighted by molar-refractivity contribution is 8.18. The summed E-state index contributed by atoms with van der Waals surface area (Å²) in [6.07, 6.45) is 1.79. The van der Waals surface area contributed by atoms with E-state index in [1.165, 1.54) is 4.90 Å². The van der Waals surface area contributed by atoms with Gasteiger partial charge in [0.25, 0.3) is 11.1 Å². The van der Waals surface area contributed by atoms with E-state index in [0.717, 1.165) is 45.0 Å². The second kappa shape index (κ2) is 8.96. The van der Waals surface area contributed by atoms with Crippen molar-refractivity contribution in [1.82, 2.24) is 4.90 Å². The van der Waals surface area contributed by atoms with E-state index < -0.39 is 0 Å². The Bertz CT molecular complexity index is 1360. The lowest BCUT2D eigenvalue weighted by Crippen LogP contribution is -2.27. The molecule has 0 N–H and O–H groups in total. The number of rotatable bonds is 5. The Hall–Kier alpha value is -3.83. The predicted molar refractivity (Wildman–Crippen MR) is 136 cm³/mol. The molecule has 1 saturated heterocycles. The molecule has 0 saturated carbocycles. The summed E-state index contributed by atoms with van der Waals surface area (Å²) >= 11 is 0.995. The van der Waals surface area contributed by atoms with Crippen LogP contribution < -0.4 is 4.90 Å². The van der Waals surface area contributed by atoms with Crippen LogP contribution in [0.15, 0.2) is 102 Å². The van der Waals surface area contributed by atoms with Gasteiger partial charge in [0.15, 0.2) is 0 Å². The molecule has 0 radical (unpaired) electrons. The van der Waals surface area contributed by atoms with Gasteiger partial charge in [-0.05, 0) is 70.1 Å². The van der Waals surface area contributed by atoms with Crippen molar-refractivity contribution < 1.29 is 9.59 Å². The fourth-order valence-corrected chi connectivity index (χ4v) is 4.74. The predicted octanol–water partition coefficient (Wildman–Crippen LogP) is 6.84. The Balaban J connectivity index is 1.32. The van der Waals surface area contributed by atoms with Crippen LogP contribution in [-0.4, -0.2) is 23.1 Å². The number of thioether (sulfide) groups is 1. The molecule has 2 amide bonds. The first kappa shape index (κ1) is 21.0. The number of nitrogens with zero attached hydrogens (tertiary/aromatic N) is 2. The van der Waals surface area contributed by atoms with Crippen molar-refractivity contribution in [2.75, 3.05) is 11.9 Å². The van der Waals surface area contributed by atoms with Gasteiger partial charge in [0, 0.05) is 18.4 Å². The maximum absolute atomic E-state index is 13.0. The van der Waals surface area contributed by atoms with E-state index in [1.807, 2.05) is 92.0 Å². The van der Waals surface area contributed by atoms with Crippen LogP contribution in [0.3, 0.4) is 0 Å². The highest BCUT2D eigenvalue weighted by Gasteiger charge is 2.35. The topological polar surface area (TPSA) is 40.6 Å². The number of carbonyl (C=O) groups is 2. The monoisotopic (exact) mass is 450 g/mol. The first-order chi connectivity index (χ1) is 16.1. The third-order valence-electron chi connectivity index (χ3n) is 5.75. The standard InChI is InChI=1S/C28H22N2O2S/c1-29(24-9-3-2-4-10-24)25-15-12-20(13-16-25)18-26-27(31)30(28(32)33-26)19-21-11-14-22-7-5-6-8-23(22)17-21/h2-18H,19H2,1H3/b26-18-. The lowest BCUT2D eigenvalue weighted by Gasteiger charge is -2.19. The molecule has 0 atom stereocenters. The zero-order valence-corrected chi connectivity index (χ0v) is 19.0. The number of imide groups is 1. The lowest BCUT2D eigenvalue weighted by molar-refractivity contribution is -0.123. The third-order valence-corrected chi connectivity index (χ3v) is 6.66. The number of hydrogen-bond acceptors (Lipinski definition) is 4. The summed E-state index contributed by atoms with van der Waals surface area (Å²) in [6, 6.07) is 32.2. The van der Waals surface area contributed by atoms with E-state index in [-0.39, 0.29) is 17.7 Å². The molecular formula is C28H22N2O2S. The molecule has 1 aliphatic rings. The fourth-order valence-electron chi connectivity index (χ4n) is 3.90. The quantitative estimate of drug-likeness (QED) is 0.312. The summed E-state index contributed by atoms with van der Waals surface area (Å²) in [7, 11) is 2.02. The Labute approximate surface area is 197 Å². The molecule has 0 aromatic heterocycles. The number of hydrogen-bond donors (Lipinski definition) is 0. The zero-order chi connectivity index (χ0) is 22.8. The van der Waals surface area contributed by atoms with Crippen LogP contribution in [0.25, 0.3) is 16.8 Å². The summed E-state index contributed by atoms with van der Waals surface area (Å²) < 4.78 is 0. The number of para-hydroxylation sites is 1. The molecule has 0 aliphatic carbocycles. The van der Waals surface area contributed by atoms with Crippen molar-refractivity contribution in [3.63, 3.8) is 0 Å². The highest BCUT2D eigenvalue weighted by atomic mass is 32.2. The van der Waals surface area contributed by atoms with Crippen LogP contribution in [0.5, 0.6) is 0 Å². The molecule has 33 heavy (non-hydrogen) atoms. The van der Waals surface area contributed by atoms with Crippen LogP contribution in [0.4, 0.5) is 16.2 Å². The van der Waals surface area contributed by atoms with Crippen molar-refractivity contribution in [3.8, 4) is 0 Å². The molecule has 0 unspecified atom stereocenters. The average Bonchev–Trinajstić information content (AvgIpc) is 3.12. The normalized spacial score (nSPS) is 14.9. The Morgan fingerprint density at radius 3 is 2.21 bits per heavy atom. The molecule has 4 nitrogen and oxygen atoms in total. The van der Waals surface area contributed by atoms with Crippen LogP contribution in [0.2, 0.25) is 0 Å². The van der Waals surface area contributed by atoms with Crippen LogP contribution in [-0.2, 0) is 11.3 Å². The van der Waals surface area contributed by atoms with Crippen molar-refractivity contribution >= 4 is 51.1 Å². The van der Waals surface area contributed by atoms with Gasteiger partial charge in [-0.15, -0.1) is 0 Å². The maximum atomic E-state index is 13.0. The van der Waals surface area contributed by atoms with Gasteiger partial charge in [-0.3, -0.25) is 14.5 Å². The van der Waals surface area contributed by atoms with E-state index in [9.17, 15) is 9.59 Å². The number of amides is 2. The molecule has 4 aromatic carbocycles. The molecule has 5 rings (SSSR count). The van der Waals surface area contributed by atoms with Gasteiger partial charge in [-0.1, -0.05) is 66.7 Å². The van der Waals surface area contributed by atoms with Gasteiger partial charge in [0.2, 0.25) is 0 Å². The van der Waals surface area contributed by atoms with E-state index in [1.54, 1.807) is 6.08 Å². The molecule has 1 fully saturated rings. The lowest BCUT2D eigenvalue weighted by atomic mass is 10.1. The van der Waals surface area contributed by atoms with Gasteiger partial charge in [0.05, 0.1) is 11.4 Å². The molecule has 0 spiro atoms.